The van der Waals surface area contributed by atoms with Crippen LogP contribution < -0.4 is 9.80 Å². The molecule has 2 aromatic carbocycles. The molecule has 1 aliphatic heterocycles. The second-order valence-corrected chi connectivity index (χ2v) is 6.80. The highest BCUT2D eigenvalue weighted by Crippen LogP contribution is 2.33. The third-order valence-corrected chi connectivity index (χ3v) is 4.90. The number of carbonyl (C=O) groups excluding carboxylic acids is 1. The summed E-state index contributed by atoms with van der Waals surface area (Å²) in [5.74, 6) is -0.120. The Hall–Kier alpha value is -2.44. The van der Waals surface area contributed by atoms with Gasteiger partial charge in [-0.2, -0.15) is 0 Å². The zero-order valence-corrected chi connectivity index (χ0v) is 15.2. The molecule has 0 saturated carbocycles. The number of para-hydroxylation sites is 2. The first kappa shape index (κ1) is 17.0. The molecule has 1 amide bonds. The molecule has 3 aromatic rings. The van der Waals surface area contributed by atoms with Crippen LogP contribution in [0.15, 0.2) is 36.4 Å². The van der Waals surface area contributed by atoms with Crippen molar-refractivity contribution < 1.29 is 9.18 Å². The first-order valence-corrected chi connectivity index (χ1v) is 8.65. The summed E-state index contributed by atoms with van der Waals surface area (Å²) >= 11 is 11.8. The molecule has 0 aliphatic carbocycles. The number of anilines is 2. The van der Waals surface area contributed by atoms with E-state index in [0.717, 1.165) is 11.6 Å². The van der Waals surface area contributed by atoms with Crippen LogP contribution in [0.25, 0.3) is 11.0 Å². The van der Waals surface area contributed by atoms with Crippen molar-refractivity contribution in [1.29, 1.82) is 0 Å². The Balaban J connectivity index is 1.84. The maximum atomic E-state index is 13.9. The van der Waals surface area contributed by atoms with Crippen molar-refractivity contribution in [2.24, 2.45) is 0 Å². The summed E-state index contributed by atoms with van der Waals surface area (Å²) in [5.41, 5.74) is 1.45. The molecule has 0 bridgehead atoms. The molecule has 26 heavy (non-hydrogen) atoms. The third-order valence-electron chi connectivity index (χ3n) is 4.30. The number of carbonyl (C=O) groups is 1. The highest BCUT2D eigenvalue weighted by atomic mass is 35.5. The van der Waals surface area contributed by atoms with Crippen LogP contribution in [0.3, 0.4) is 0 Å². The van der Waals surface area contributed by atoms with Gasteiger partial charge in [-0.15, -0.1) is 0 Å². The molecule has 1 aliphatic rings. The van der Waals surface area contributed by atoms with Crippen LogP contribution in [0, 0.1) is 5.82 Å². The van der Waals surface area contributed by atoms with Crippen LogP contribution in [-0.4, -0.2) is 36.0 Å². The number of amides is 1. The van der Waals surface area contributed by atoms with Gasteiger partial charge in [0, 0.05) is 20.1 Å². The summed E-state index contributed by atoms with van der Waals surface area (Å²) < 4.78 is 13.9. The lowest BCUT2D eigenvalue weighted by Crippen LogP contribution is -2.44. The van der Waals surface area contributed by atoms with E-state index >= 15 is 0 Å². The van der Waals surface area contributed by atoms with E-state index in [1.54, 1.807) is 0 Å². The number of nitrogens with zero attached hydrogens (tertiary/aromatic N) is 4. The quantitative estimate of drug-likeness (QED) is 0.585. The van der Waals surface area contributed by atoms with Crippen LogP contribution in [0.1, 0.15) is 10.4 Å². The summed E-state index contributed by atoms with van der Waals surface area (Å²) in [6.07, 6.45) is 0. The molecule has 5 nitrogen and oxygen atoms in total. The zero-order chi connectivity index (χ0) is 18.4. The normalized spacial score (nSPS) is 13.8. The van der Waals surface area contributed by atoms with Gasteiger partial charge < -0.3 is 4.90 Å². The lowest BCUT2D eigenvalue weighted by atomic mass is 10.1. The average Bonchev–Trinajstić information content (AvgIpc) is 2.63. The molecule has 0 atom stereocenters. The van der Waals surface area contributed by atoms with Crippen LogP contribution in [-0.2, 0) is 0 Å². The van der Waals surface area contributed by atoms with Crippen molar-refractivity contribution in [1.82, 2.24) is 9.97 Å². The number of rotatable bonds is 1. The fourth-order valence-electron chi connectivity index (χ4n) is 2.91. The first-order valence-electron chi connectivity index (χ1n) is 7.90. The molecular formula is C18H13Cl2FN4O. The van der Waals surface area contributed by atoms with Gasteiger partial charge in [-0.3, -0.25) is 9.69 Å². The van der Waals surface area contributed by atoms with Crippen LogP contribution in [0.4, 0.5) is 16.0 Å². The minimum absolute atomic E-state index is 0.0408. The summed E-state index contributed by atoms with van der Waals surface area (Å²) in [6.45, 7) is 0.954. The highest BCUT2D eigenvalue weighted by Gasteiger charge is 2.30. The SMILES string of the molecule is CN1CCN(C(=O)c2cc(F)c(Cl)cc2Cl)c2nc3ccccc3nc21. The number of hydrogen-bond donors (Lipinski definition) is 0. The van der Waals surface area contributed by atoms with Gasteiger partial charge in [-0.25, -0.2) is 14.4 Å². The predicted octanol–water partition coefficient (Wildman–Crippen LogP) is 4.17. The van der Waals surface area contributed by atoms with Gasteiger partial charge in [0.25, 0.3) is 5.91 Å². The number of likely N-dealkylation sites (N-methyl/N-ethyl adjacent to an activating group) is 1. The van der Waals surface area contributed by atoms with Gasteiger partial charge in [0.1, 0.15) is 5.82 Å². The van der Waals surface area contributed by atoms with Crippen molar-refractivity contribution in [3.63, 3.8) is 0 Å². The van der Waals surface area contributed by atoms with E-state index in [4.69, 9.17) is 23.2 Å². The molecule has 132 valence electrons. The second-order valence-electron chi connectivity index (χ2n) is 5.98. The molecule has 0 spiro atoms. The van der Waals surface area contributed by atoms with Gasteiger partial charge in [0.2, 0.25) is 0 Å². The molecule has 2 heterocycles. The fraction of sp³-hybridized carbons (Fsp3) is 0.167. The molecule has 0 unspecified atom stereocenters. The van der Waals surface area contributed by atoms with E-state index in [9.17, 15) is 9.18 Å². The Morgan fingerprint density at radius 2 is 1.69 bits per heavy atom. The Morgan fingerprint density at radius 3 is 2.38 bits per heavy atom. The van der Waals surface area contributed by atoms with Crippen molar-refractivity contribution in [3.05, 3.63) is 57.8 Å². The molecular weight excluding hydrogens is 378 g/mol. The number of benzene rings is 2. The Labute approximate surface area is 159 Å². The average molecular weight is 391 g/mol. The smallest absolute Gasteiger partial charge is 0.261 e. The standard InChI is InChI=1S/C18H13Cl2FN4O/c1-24-6-7-25(18(26)10-8-13(21)12(20)9-11(10)19)17-16(24)22-14-4-2-3-5-15(14)23-17/h2-5,8-9H,6-7H2,1H3. The summed E-state index contributed by atoms with van der Waals surface area (Å²) in [7, 11) is 1.89. The second kappa shape index (κ2) is 6.37. The Morgan fingerprint density at radius 1 is 1.04 bits per heavy atom. The van der Waals surface area contributed by atoms with Gasteiger partial charge in [-0.05, 0) is 24.3 Å². The van der Waals surface area contributed by atoms with Crippen molar-refractivity contribution in [2.75, 3.05) is 29.9 Å². The van der Waals surface area contributed by atoms with Crippen molar-refractivity contribution in [2.45, 2.75) is 0 Å². The largest absolute Gasteiger partial charge is 0.355 e. The van der Waals surface area contributed by atoms with Gasteiger partial charge in [-0.1, -0.05) is 35.3 Å². The first-order chi connectivity index (χ1) is 12.5. The number of fused-ring (bicyclic) bond motifs is 2. The van der Waals surface area contributed by atoms with E-state index in [2.05, 4.69) is 9.97 Å². The summed E-state index contributed by atoms with van der Waals surface area (Å²) in [5, 5.41) is -0.0354. The summed E-state index contributed by atoms with van der Waals surface area (Å²) in [4.78, 5) is 25.7. The van der Waals surface area contributed by atoms with E-state index in [-0.39, 0.29) is 15.6 Å². The number of hydrogen-bond acceptors (Lipinski definition) is 4. The van der Waals surface area contributed by atoms with Crippen LogP contribution >= 0.6 is 23.2 Å². The third kappa shape index (κ3) is 2.75. The van der Waals surface area contributed by atoms with Crippen molar-refractivity contribution >= 4 is 51.8 Å². The van der Waals surface area contributed by atoms with Gasteiger partial charge >= 0.3 is 0 Å². The lowest BCUT2D eigenvalue weighted by Gasteiger charge is -2.34. The van der Waals surface area contributed by atoms with E-state index in [1.807, 2.05) is 36.2 Å². The molecule has 0 saturated heterocycles. The highest BCUT2D eigenvalue weighted by molar-refractivity contribution is 6.37. The topological polar surface area (TPSA) is 49.3 Å². The number of aromatic nitrogens is 2. The molecule has 0 radical (unpaired) electrons. The molecule has 0 fully saturated rings. The minimum Gasteiger partial charge on any atom is -0.355 e. The van der Waals surface area contributed by atoms with E-state index in [1.165, 1.54) is 11.0 Å². The minimum atomic E-state index is -0.696. The molecule has 8 heteroatoms. The lowest BCUT2D eigenvalue weighted by molar-refractivity contribution is 0.0985. The molecule has 0 N–H and O–H groups in total. The van der Waals surface area contributed by atoms with Crippen LogP contribution in [0.5, 0.6) is 0 Å². The predicted molar refractivity (Wildman–Crippen MR) is 101 cm³/mol. The molecule has 1 aromatic heterocycles. The zero-order valence-electron chi connectivity index (χ0n) is 13.7. The van der Waals surface area contributed by atoms with Gasteiger partial charge in [0.15, 0.2) is 11.6 Å². The monoisotopic (exact) mass is 390 g/mol. The Kier molecular flexibility index (Phi) is 4.17. The van der Waals surface area contributed by atoms with Crippen LogP contribution in [0.2, 0.25) is 10.0 Å². The maximum Gasteiger partial charge on any atom is 0.261 e. The number of halogens is 3. The van der Waals surface area contributed by atoms with Gasteiger partial charge in [0.05, 0.1) is 26.6 Å². The van der Waals surface area contributed by atoms with Crippen molar-refractivity contribution in [3.8, 4) is 0 Å². The maximum absolute atomic E-state index is 13.9. The summed E-state index contributed by atoms with van der Waals surface area (Å²) in [6, 6.07) is 9.71. The Bertz CT molecular complexity index is 1040. The van der Waals surface area contributed by atoms with E-state index < -0.39 is 11.7 Å². The van der Waals surface area contributed by atoms with E-state index in [0.29, 0.717) is 30.2 Å². The fourth-order valence-corrected chi connectivity index (χ4v) is 3.37. The molecule has 4 rings (SSSR count).